The van der Waals surface area contributed by atoms with E-state index in [2.05, 4.69) is 5.32 Å². The molecule has 3 rings (SSSR count). The number of Topliss-reactive ketones (excluding diaryl/α,β-unsaturated/α-hetero) is 1. The van der Waals surface area contributed by atoms with Crippen LogP contribution in [0.1, 0.15) is 17.5 Å². The van der Waals surface area contributed by atoms with Crippen LogP contribution < -0.4 is 5.32 Å². The average molecular weight is 367 g/mol. The summed E-state index contributed by atoms with van der Waals surface area (Å²) in [5, 5.41) is 2.73. The Hall–Kier alpha value is -3.35. The number of benzene rings is 1. The number of carbonyl (C=O) groups is 3. The van der Waals surface area contributed by atoms with Crippen molar-refractivity contribution in [2.45, 2.75) is 6.92 Å². The van der Waals surface area contributed by atoms with Gasteiger partial charge in [0, 0.05) is 38.1 Å². The second-order valence-corrected chi connectivity index (χ2v) is 6.22. The molecule has 0 saturated carbocycles. The fourth-order valence-electron chi connectivity index (χ4n) is 2.82. The molecule has 0 aliphatic carbocycles. The molecule has 140 valence electrons. The van der Waals surface area contributed by atoms with Gasteiger partial charge in [-0.1, -0.05) is 18.2 Å². The normalized spacial score (nSPS) is 14.8. The molecule has 1 aliphatic heterocycles. The van der Waals surface area contributed by atoms with Gasteiger partial charge < -0.3 is 19.5 Å². The second-order valence-electron chi connectivity index (χ2n) is 6.22. The highest BCUT2D eigenvalue weighted by Gasteiger charge is 2.24. The number of ketones is 1. The lowest BCUT2D eigenvalue weighted by Crippen LogP contribution is -2.47. The maximum Gasteiger partial charge on any atom is 0.289 e. The molecule has 1 aliphatic rings. The fourth-order valence-corrected chi connectivity index (χ4v) is 2.82. The summed E-state index contributed by atoms with van der Waals surface area (Å²) >= 11 is 0. The smallest absolute Gasteiger partial charge is 0.289 e. The van der Waals surface area contributed by atoms with Gasteiger partial charge in [-0.05, 0) is 31.2 Å². The van der Waals surface area contributed by atoms with Gasteiger partial charge in [0.2, 0.25) is 0 Å². The van der Waals surface area contributed by atoms with E-state index in [0.29, 0.717) is 37.6 Å². The molecule has 0 bridgehead atoms. The van der Waals surface area contributed by atoms with Crippen molar-refractivity contribution in [1.82, 2.24) is 9.80 Å². The first kappa shape index (κ1) is 18.4. The number of piperazine rings is 1. The van der Waals surface area contributed by atoms with Crippen LogP contribution in [0.25, 0.3) is 0 Å². The van der Waals surface area contributed by atoms with Crippen molar-refractivity contribution in [3.8, 4) is 0 Å². The van der Waals surface area contributed by atoms with Crippen LogP contribution in [-0.4, -0.2) is 53.6 Å². The van der Waals surface area contributed by atoms with Crippen molar-refractivity contribution in [2.75, 3.05) is 31.5 Å². The lowest BCUT2D eigenvalue weighted by Gasteiger charge is -2.34. The van der Waals surface area contributed by atoms with Gasteiger partial charge in [-0.2, -0.15) is 0 Å². The van der Waals surface area contributed by atoms with Crippen LogP contribution in [0, 0.1) is 0 Å². The van der Waals surface area contributed by atoms with Gasteiger partial charge in [-0.25, -0.2) is 0 Å². The molecule has 0 spiro atoms. The van der Waals surface area contributed by atoms with Gasteiger partial charge in [0.25, 0.3) is 11.8 Å². The monoisotopic (exact) mass is 367 g/mol. The molecule has 1 aromatic carbocycles. The number of hydrogen-bond acceptors (Lipinski definition) is 5. The van der Waals surface area contributed by atoms with Crippen LogP contribution in [0.3, 0.4) is 0 Å². The highest BCUT2D eigenvalue weighted by molar-refractivity contribution is 6.22. The molecule has 7 nitrogen and oxygen atoms in total. The summed E-state index contributed by atoms with van der Waals surface area (Å²) in [7, 11) is 0. The van der Waals surface area contributed by atoms with E-state index in [9.17, 15) is 14.4 Å². The van der Waals surface area contributed by atoms with Gasteiger partial charge in [0.1, 0.15) is 0 Å². The molecule has 1 fully saturated rings. The standard InChI is InChI=1S/C20H21N3O4/c1-15(24)17(19(25)21-16-6-3-2-4-7-16)14-22-9-11-23(12-10-22)20(26)18-8-5-13-27-18/h2-8,13-14H,9-12H2,1H3,(H,21,25). The Bertz CT molecular complexity index is 835. The zero-order valence-electron chi connectivity index (χ0n) is 15.1. The number of furan rings is 1. The Morgan fingerprint density at radius 2 is 1.70 bits per heavy atom. The molecule has 1 aromatic heterocycles. The first-order chi connectivity index (χ1) is 13.0. The highest BCUT2D eigenvalue weighted by atomic mass is 16.3. The Morgan fingerprint density at radius 1 is 1.00 bits per heavy atom. The molecule has 1 saturated heterocycles. The number of nitrogens with zero attached hydrogens (tertiary/aromatic N) is 2. The lowest BCUT2D eigenvalue weighted by atomic mass is 10.1. The number of carbonyl (C=O) groups excluding carboxylic acids is 3. The van der Waals surface area contributed by atoms with E-state index in [-0.39, 0.29) is 17.3 Å². The van der Waals surface area contributed by atoms with Crippen LogP contribution in [0.4, 0.5) is 5.69 Å². The number of rotatable bonds is 5. The van der Waals surface area contributed by atoms with Gasteiger partial charge >= 0.3 is 0 Å². The summed E-state index contributed by atoms with van der Waals surface area (Å²) in [6.07, 6.45) is 3.05. The molecule has 0 unspecified atom stereocenters. The summed E-state index contributed by atoms with van der Waals surface area (Å²) in [6.45, 7) is 3.40. The molecule has 27 heavy (non-hydrogen) atoms. The molecule has 0 radical (unpaired) electrons. The Morgan fingerprint density at radius 3 is 2.30 bits per heavy atom. The maximum atomic E-state index is 12.5. The molecule has 7 heteroatoms. The van der Waals surface area contributed by atoms with Crippen LogP contribution >= 0.6 is 0 Å². The topological polar surface area (TPSA) is 82.9 Å². The molecule has 2 amide bonds. The van der Waals surface area contributed by atoms with Crippen LogP contribution in [-0.2, 0) is 9.59 Å². The number of para-hydroxylation sites is 1. The van der Waals surface area contributed by atoms with Crippen LogP contribution in [0.15, 0.2) is 64.9 Å². The first-order valence-electron chi connectivity index (χ1n) is 8.70. The Kier molecular flexibility index (Phi) is 5.71. The minimum absolute atomic E-state index is 0.0877. The van der Waals surface area contributed by atoms with Crippen molar-refractivity contribution < 1.29 is 18.8 Å². The first-order valence-corrected chi connectivity index (χ1v) is 8.70. The number of hydrogen-bond donors (Lipinski definition) is 1. The molecule has 2 heterocycles. The zero-order valence-corrected chi connectivity index (χ0v) is 15.1. The summed E-state index contributed by atoms with van der Waals surface area (Å²) in [5.74, 6) is -0.594. The predicted octanol–water partition coefficient (Wildman–Crippen LogP) is 2.15. The SMILES string of the molecule is CC(=O)C(=CN1CCN(C(=O)c2ccco2)CC1)C(=O)Nc1ccccc1. The number of nitrogens with one attached hydrogen (secondary N) is 1. The van der Waals surface area contributed by atoms with E-state index in [1.807, 2.05) is 23.1 Å². The van der Waals surface area contributed by atoms with E-state index < -0.39 is 5.91 Å². The molecular formula is C20H21N3O4. The van der Waals surface area contributed by atoms with Gasteiger partial charge in [-0.15, -0.1) is 0 Å². The zero-order chi connectivity index (χ0) is 19.2. The van der Waals surface area contributed by atoms with Crippen molar-refractivity contribution >= 4 is 23.3 Å². The summed E-state index contributed by atoms with van der Waals surface area (Å²) in [4.78, 5) is 40.3. The quantitative estimate of drug-likeness (QED) is 0.497. The van der Waals surface area contributed by atoms with E-state index >= 15 is 0 Å². The van der Waals surface area contributed by atoms with Crippen molar-refractivity contribution in [3.63, 3.8) is 0 Å². The highest BCUT2D eigenvalue weighted by Crippen LogP contribution is 2.13. The van der Waals surface area contributed by atoms with Crippen molar-refractivity contribution in [2.24, 2.45) is 0 Å². The van der Waals surface area contributed by atoms with E-state index in [4.69, 9.17) is 4.42 Å². The minimum atomic E-state index is -0.442. The average Bonchev–Trinajstić information content (AvgIpc) is 3.21. The summed E-state index contributed by atoms with van der Waals surface area (Å²) in [5.41, 5.74) is 0.716. The molecule has 2 aromatic rings. The van der Waals surface area contributed by atoms with Crippen molar-refractivity contribution in [1.29, 1.82) is 0 Å². The third kappa shape index (κ3) is 4.63. The fraction of sp³-hybridized carbons (Fsp3) is 0.250. The van der Waals surface area contributed by atoms with Crippen molar-refractivity contribution in [3.05, 3.63) is 66.3 Å². The minimum Gasteiger partial charge on any atom is -0.459 e. The van der Waals surface area contributed by atoms with E-state index in [0.717, 1.165) is 0 Å². The van der Waals surface area contributed by atoms with Crippen LogP contribution in [0.5, 0.6) is 0 Å². The van der Waals surface area contributed by atoms with E-state index in [1.165, 1.54) is 13.2 Å². The Labute approximate surface area is 157 Å². The number of amides is 2. The Balaban J connectivity index is 1.62. The molecule has 0 atom stereocenters. The lowest BCUT2D eigenvalue weighted by molar-refractivity contribution is -0.119. The van der Waals surface area contributed by atoms with Gasteiger partial charge in [0.15, 0.2) is 11.5 Å². The predicted molar refractivity (Wildman–Crippen MR) is 100 cm³/mol. The van der Waals surface area contributed by atoms with E-state index in [1.54, 1.807) is 35.4 Å². The van der Waals surface area contributed by atoms with Gasteiger partial charge in [0.05, 0.1) is 11.8 Å². The third-order valence-electron chi connectivity index (χ3n) is 4.30. The molecule has 1 N–H and O–H groups in total. The second kappa shape index (κ2) is 8.35. The summed E-state index contributed by atoms with van der Waals surface area (Å²) < 4.78 is 5.15. The number of anilines is 1. The third-order valence-corrected chi connectivity index (χ3v) is 4.30. The largest absolute Gasteiger partial charge is 0.459 e. The van der Waals surface area contributed by atoms with Gasteiger partial charge in [-0.3, -0.25) is 14.4 Å². The molecular weight excluding hydrogens is 346 g/mol. The maximum absolute atomic E-state index is 12.5. The van der Waals surface area contributed by atoms with Crippen LogP contribution in [0.2, 0.25) is 0 Å². The summed E-state index contributed by atoms with van der Waals surface area (Å²) in [6, 6.07) is 12.3.